The predicted molar refractivity (Wildman–Crippen MR) is 111 cm³/mol. The Balaban J connectivity index is 1.80. The van der Waals surface area contributed by atoms with Crippen LogP contribution in [-0.2, 0) is 6.54 Å². The van der Waals surface area contributed by atoms with Crippen molar-refractivity contribution in [3.8, 4) is 21.6 Å². The summed E-state index contributed by atoms with van der Waals surface area (Å²) >= 11 is 1.74. The quantitative estimate of drug-likeness (QED) is 0.415. The third kappa shape index (κ3) is 3.98. The summed E-state index contributed by atoms with van der Waals surface area (Å²) in [5.74, 6) is 0. The van der Waals surface area contributed by atoms with Gasteiger partial charge in [-0.2, -0.15) is 0 Å². The van der Waals surface area contributed by atoms with E-state index in [1.807, 2.05) is 12.1 Å². The van der Waals surface area contributed by atoms with Gasteiger partial charge in [0.25, 0.3) is 0 Å². The van der Waals surface area contributed by atoms with E-state index in [4.69, 9.17) is 4.99 Å². The molecule has 4 aromatic rings. The first-order valence-corrected chi connectivity index (χ1v) is 9.50. The molecule has 0 unspecified atom stereocenters. The number of nitrogens with zero attached hydrogens (tertiary/aromatic N) is 1. The van der Waals surface area contributed by atoms with Gasteiger partial charge in [0.05, 0.1) is 6.54 Å². The predicted octanol–water partition coefficient (Wildman–Crippen LogP) is 6.18. The Labute approximate surface area is 158 Å². The van der Waals surface area contributed by atoms with E-state index in [2.05, 4.69) is 91.0 Å². The molecule has 0 N–H and O–H groups in total. The second kappa shape index (κ2) is 7.94. The van der Waals surface area contributed by atoms with Crippen LogP contribution in [0.2, 0.25) is 0 Å². The van der Waals surface area contributed by atoms with Crippen molar-refractivity contribution in [1.29, 1.82) is 0 Å². The molecule has 26 heavy (non-hydrogen) atoms. The van der Waals surface area contributed by atoms with E-state index in [9.17, 15) is 0 Å². The van der Waals surface area contributed by atoms with Gasteiger partial charge in [-0.05, 0) is 34.4 Å². The Morgan fingerprint density at radius 3 is 1.81 bits per heavy atom. The lowest BCUT2D eigenvalue weighted by Crippen LogP contribution is -1.99. The average molecular weight is 353 g/mol. The Bertz CT molecular complexity index is 975. The molecule has 1 heterocycles. The fourth-order valence-electron chi connectivity index (χ4n) is 2.86. The molecule has 0 atom stereocenters. The smallest absolute Gasteiger partial charge is 0.111 e. The van der Waals surface area contributed by atoms with Crippen molar-refractivity contribution in [2.75, 3.05) is 0 Å². The normalized spacial score (nSPS) is 11.5. The zero-order chi connectivity index (χ0) is 17.6. The standard InChI is InChI=1S/C24H19NS/c1-4-10-19(11-5-1)18-25-24-17-22(20-12-6-2-7-13-20)16-23(26-24)21-14-8-3-9-15-21/h1-17H,18H2. The molecule has 0 spiro atoms. The lowest BCUT2D eigenvalue weighted by molar-refractivity contribution is 1.02. The molecule has 0 amide bonds. The minimum Gasteiger partial charge on any atom is -0.270 e. The fraction of sp³-hybridized carbons (Fsp3) is 0.0417. The van der Waals surface area contributed by atoms with Gasteiger partial charge in [-0.3, -0.25) is 4.99 Å². The van der Waals surface area contributed by atoms with Crippen LogP contribution in [0.15, 0.2) is 108 Å². The van der Waals surface area contributed by atoms with E-state index in [1.54, 1.807) is 11.3 Å². The van der Waals surface area contributed by atoms with Crippen molar-refractivity contribution in [2.45, 2.75) is 6.54 Å². The van der Waals surface area contributed by atoms with Crippen LogP contribution in [0.5, 0.6) is 0 Å². The third-order valence-corrected chi connectivity index (χ3v) is 5.24. The number of hydrogen-bond acceptors (Lipinski definition) is 2. The minimum atomic E-state index is 0.698. The van der Waals surface area contributed by atoms with Gasteiger partial charge in [0.1, 0.15) is 4.67 Å². The maximum absolute atomic E-state index is 4.87. The van der Waals surface area contributed by atoms with E-state index < -0.39 is 0 Å². The summed E-state index contributed by atoms with van der Waals surface area (Å²) in [6.45, 7) is 0.698. The zero-order valence-electron chi connectivity index (χ0n) is 14.4. The highest BCUT2D eigenvalue weighted by Crippen LogP contribution is 2.27. The van der Waals surface area contributed by atoms with Crippen molar-refractivity contribution >= 4 is 11.3 Å². The molecular weight excluding hydrogens is 334 g/mol. The van der Waals surface area contributed by atoms with Gasteiger partial charge >= 0.3 is 0 Å². The summed E-state index contributed by atoms with van der Waals surface area (Å²) in [5.41, 5.74) is 4.88. The molecule has 126 valence electrons. The molecule has 2 heteroatoms. The molecule has 3 aromatic carbocycles. The summed E-state index contributed by atoms with van der Waals surface area (Å²) in [4.78, 5) is 6.10. The fourth-order valence-corrected chi connectivity index (χ4v) is 3.84. The zero-order valence-corrected chi connectivity index (χ0v) is 15.2. The maximum Gasteiger partial charge on any atom is 0.111 e. The van der Waals surface area contributed by atoms with Crippen LogP contribution in [0, 0.1) is 0 Å². The Hall–Kier alpha value is -2.97. The minimum absolute atomic E-state index is 0.698. The monoisotopic (exact) mass is 353 g/mol. The van der Waals surface area contributed by atoms with Gasteiger partial charge in [-0.25, -0.2) is 0 Å². The summed E-state index contributed by atoms with van der Waals surface area (Å²) in [6, 6.07) is 35.9. The van der Waals surface area contributed by atoms with Gasteiger partial charge in [-0.15, -0.1) is 11.3 Å². The van der Waals surface area contributed by atoms with Gasteiger partial charge in [0, 0.05) is 4.88 Å². The molecule has 0 saturated heterocycles. The van der Waals surface area contributed by atoms with Gasteiger partial charge in [0.15, 0.2) is 0 Å². The molecule has 0 radical (unpaired) electrons. The van der Waals surface area contributed by atoms with Crippen LogP contribution in [0.1, 0.15) is 5.56 Å². The summed E-state index contributed by atoms with van der Waals surface area (Å²) in [6.07, 6.45) is 0. The first-order valence-electron chi connectivity index (χ1n) is 8.69. The lowest BCUT2D eigenvalue weighted by atomic mass is 10.1. The van der Waals surface area contributed by atoms with Crippen LogP contribution in [0.25, 0.3) is 21.6 Å². The number of rotatable bonds is 4. The van der Waals surface area contributed by atoms with Crippen molar-refractivity contribution in [2.24, 2.45) is 4.99 Å². The van der Waals surface area contributed by atoms with Crippen molar-refractivity contribution in [1.82, 2.24) is 0 Å². The largest absolute Gasteiger partial charge is 0.270 e. The maximum atomic E-state index is 4.87. The molecule has 4 rings (SSSR count). The van der Waals surface area contributed by atoms with Crippen LogP contribution in [0.4, 0.5) is 0 Å². The number of benzene rings is 3. The Morgan fingerprint density at radius 2 is 1.15 bits per heavy atom. The molecule has 0 aliphatic rings. The molecule has 0 aliphatic carbocycles. The highest BCUT2D eigenvalue weighted by molar-refractivity contribution is 7.12. The molecule has 0 aliphatic heterocycles. The van der Waals surface area contributed by atoms with E-state index >= 15 is 0 Å². The molecule has 0 bridgehead atoms. The van der Waals surface area contributed by atoms with Crippen molar-refractivity contribution in [3.63, 3.8) is 0 Å². The summed E-state index contributed by atoms with van der Waals surface area (Å²) < 4.78 is 1.05. The first kappa shape index (κ1) is 16.5. The van der Waals surface area contributed by atoms with Crippen molar-refractivity contribution < 1.29 is 0 Å². The highest BCUT2D eigenvalue weighted by Gasteiger charge is 2.04. The van der Waals surface area contributed by atoms with E-state index in [1.165, 1.54) is 27.1 Å². The molecule has 0 saturated carbocycles. The van der Waals surface area contributed by atoms with E-state index in [0.29, 0.717) is 6.54 Å². The van der Waals surface area contributed by atoms with Gasteiger partial charge < -0.3 is 0 Å². The van der Waals surface area contributed by atoms with Gasteiger partial charge in [0.2, 0.25) is 0 Å². The molecular formula is C24H19NS. The van der Waals surface area contributed by atoms with Crippen LogP contribution >= 0.6 is 11.3 Å². The van der Waals surface area contributed by atoms with Crippen LogP contribution in [-0.4, -0.2) is 0 Å². The topological polar surface area (TPSA) is 12.4 Å². The molecule has 0 fully saturated rings. The summed E-state index contributed by atoms with van der Waals surface area (Å²) in [5, 5.41) is 0. The summed E-state index contributed by atoms with van der Waals surface area (Å²) in [7, 11) is 0. The number of hydrogen-bond donors (Lipinski definition) is 0. The Morgan fingerprint density at radius 1 is 0.577 bits per heavy atom. The molecule has 1 aromatic heterocycles. The second-order valence-corrected chi connectivity index (χ2v) is 7.14. The second-order valence-electron chi connectivity index (χ2n) is 6.08. The first-order chi connectivity index (χ1) is 12.9. The van der Waals surface area contributed by atoms with E-state index in [-0.39, 0.29) is 0 Å². The van der Waals surface area contributed by atoms with Crippen molar-refractivity contribution in [3.05, 3.63) is 113 Å². The van der Waals surface area contributed by atoms with Crippen LogP contribution in [0.3, 0.4) is 0 Å². The lowest BCUT2D eigenvalue weighted by Gasteiger charge is -2.06. The highest BCUT2D eigenvalue weighted by atomic mass is 32.1. The Kier molecular flexibility index (Phi) is 5.04. The average Bonchev–Trinajstić information content (AvgIpc) is 2.74. The van der Waals surface area contributed by atoms with E-state index in [0.717, 1.165) is 4.67 Å². The SMILES string of the molecule is c1ccc(CN=c2cc(-c3ccccc3)cc(-c3ccccc3)s2)cc1. The van der Waals surface area contributed by atoms with Gasteiger partial charge in [-0.1, -0.05) is 91.0 Å². The van der Waals surface area contributed by atoms with Crippen LogP contribution < -0.4 is 4.67 Å². The molecule has 1 nitrogen and oxygen atoms in total. The third-order valence-electron chi connectivity index (χ3n) is 4.21.